The summed E-state index contributed by atoms with van der Waals surface area (Å²) in [6.07, 6.45) is 25.1. The number of phenols is 1. The normalized spacial score (nSPS) is 22.0. The number of nitrogens with zero attached hydrogens (tertiary/aromatic N) is 1. The molecule has 3 heteroatoms. The summed E-state index contributed by atoms with van der Waals surface area (Å²) in [5.74, 6) is 1.26. The predicted octanol–water partition coefficient (Wildman–Crippen LogP) is 7.23. The van der Waals surface area contributed by atoms with E-state index in [4.69, 9.17) is 0 Å². The smallest absolute Gasteiger partial charge is 0.115 e. The van der Waals surface area contributed by atoms with E-state index in [-0.39, 0.29) is 0 Å². The third kappa shape index (κ3) is 8.60. The number of benzene rings is 1. The minimum Gasteiger partial charge on any atom is -0.508 e. The van der Waals surface area contributed by atoms with Crippen LogP contribution in [-0.2, 0) is 6.54 Å². The zero-order valence-electron chi connectivity index (χ0n) is 21.3. The van der Waals surface area contributed by atoms with E-state index in [1.54, 1.807) is 12.1 Å². The molecule has 35 heavy (non-hydrogen) atoms. The van der Waals surface area contributed by atoms with Crippen molar-refractivity contribution in [2.75, 3.05) is 19.6 Å². The van der Waals surface area contributed by atoms with Crippen molar-refractivity contribution in [3.05, 3.63) is 115 Å². The van der Waals surface area contributed by atoms with Gasteiger partial charge in [-0.3, -0.25) is 0 Å². The lowest BCUT2D eigenvalue weighted by molar-refractivity contribution is 0.189. The fourth-order valence-corrected chi connectivity index (χ4v) is 4.99. The van der Waals surface area contributed by atoms with Crippen molar-refractivity contribution in [2.45, 2.75) is 45.6 Å². The Hall–Kier alpha value is -3.04. The molecule has 1 atom stereocenters. The maximum atomic E-state index is 9.46. The van der Waals surface area contributed by atoms with Gasteiger partial charge in [0, 0.05) is 24.1 Å². The Balaban J connectivity index is 1.53. The second-order valence-corrected chi connectivity index (χ2v) is 9.48. The van der Waals surface area contributed by atoms with Crippen LogP contribution < -0.4 is 5.32 Å². The van der Waals surface area contributed by atoms with Crippen LogP contribution in [0, 0.1) is 11.8 Å². The van der Waals surface area contributed by atoms with Gasteiger partial charge in [-0.15, -0.1) is 0 Å². The molecule has 3 nitrogen and oxygen atoms in total. The minimum atomic E-state index is 0.305. The highest BCUT2D eigenvalue weighted by atomic mass is 16.3. The third-order valence-corrected chi connectivity index (χ3v) is 7.15. The molecule has 0 aromatic heterocycles. The summed E-state index contributed by atoms with van der Waals surface area (Å²) in [7, 11) is 0. The molecule has 0 spiro atoms. The lowest BCUT2D eigenvalue weighted by Crippen LogP contribution is -2.37. The van der Waals surface area contributed by atoms with Crippen LogP contribution in [0.4, 0.5) is 0 Å². The largest absolute Gasteiger partial charge is 0.508 e. The monoisotopic (exact) mass is 470 g/mol. The zero-order chi connectivity index (χ0) is 24.9. The van der Waals surface area contributed by atoms with Crippen LogP contribution in [-0.4, -0.2) is 29.6 Å². The first kappa shape index (κ1) is 26.6. The zero-order valence-corrected chi connectivity index (χ0v) is 21.3. The molecule has 0 radical (unpaired) electrons. The fraction of sp³-hybridized carbons (Fsp3) is 0.375. The van der Waals surface area contributed by atoms with Crippen LogP contribution in [0.25, 0.3) is 0 Å². The molecule has 1 fully saturated rings. The van der Waals surface area contributed by atoms with Gasteiger partial charge in [-0.25, -0.2) is 0 Å². The highest BCUT2D eigenvalue weighted by Crippen LogP contribution is 2.31. The van der Waals surface area contributed by atoms with E-state index in [0.717, 1.165) is 69.5 Å². The molecule has 1 heterocycles. The van der Waals surface area contributed by atoms with Gasteiger partial charge in [0.1, 0.15) is 5.75 Å². The molecule has 0 amide bonds. The van der Waals surface area contributed by atoms with E-state index in [2.05, 4.69) is 78.9 Å². The molecule has 186 valence electrons. The molecule has 1 aromatic carbocycles. The molecule has 3 rings (SSSR count). The van der Waals surface area contributed by atoms with Crippen molar-refractivity contribution in [3.8, 4) is 5.75 Å². The Morgan fingerprint density at radius 1 is 1.17 bits per heavy atom. The van der Waals surface area contributed by atoms with Crippen molar-refractivity contribution in [1.82, 2.24) is 10.2 Å². The molecule has 1 aromatic rings. The van der Waals surface area contributed by atoms with Gasteiger partial charge in [-0.05, 0) is 81.9 Å². The average Bonchev–Trinajstić information content (AvgIpc) is 2.86. The van der Waals surface area contributed by atoms with Crippen LogP contribution in [0.3, 0.4) is 0 Å². The Morgan fingerprint density at radius 2 is 1.94 bits per heavy atom. The van der Waals surface area contributed by atoms with Crippen LogP contribution in [0.2, 0.25) is 0 Å². The molecule has 0 saturated carbocycles. The molecule has 1 aliphatic carbocycles. The van der Waals surface area contributed by atoms with Crippen molar-refractivity contribution in [3.63, 3.8) is 0 Å². The molecule has 0 bridgehead atoms. The number of phenolic OH excluding ortho intramolecular Hbond substituents is 1. The second-order valence-electron chi connectivity index (χ2n) is 9.48. The Morgan fingerprint density at radius 3 is 2.66 bits per heavy atom. The number of aromatic hydroxyl groups is 1. The SMILES string of the molecule is C=C/C=C\C(=C/C)C(CCN1CCC(C(=C)NCc2ccc(O)cc2)CC1)/C1=C/C=C\C=C/CC1. The van der Waals surface area contributed by atoms with Crippen molar-refractivity contribution in [2.24, 2.45) is 11.8 Å². The average molecular weight is 471 g/mol. The molecule has 2 N–H and O–H groups in total. The molecule has 1 unspecified atom stereocenters. The Labute approximate surface area is 212 Å². The summed E-state index contributed by atoms with van der Waals surface area (Å²) in [6.45, 7) is 14.4. The van der Waals surface area contributed by atoms with Gasteiger partial charge in [-0.1, -0.05) is 85.5 Å². The number of nitrogens with one attached hydrogen (secondary N) is 1. The molecular weight excluding hydrogens is 428 g/mol. The molecule has 1 saturated heterocycles. The van der Waals surface area contributed by atoms with Gasteiger partial charge >= 0.3 is 0 Å². The Bertz CT molecular complexity index is 969. The van der Waals surface area contributed by atoms with Gasteiger partial charge in [0.2, 0.25) is 0 Å². The lowest BCUT2D eigenvalue weighted by atomic mass is 9.83. The molecule has 1 aliphatic heterocycles. The number of hydrogen-bond donors (Lipinski definition) is 2. The number of piperidine rings is 1. The van der Waals surface area contributed by atoms with E-state index in [9.17, 15) is 5.11 Å². The highest BCUT2D eigenvalue weighted by Gasteiger charge is 2.23. The summed E-state index contributed by atoms with van der Waals surface area (Å²) < 4.78 is 0. The first-order chi connectivity index (χ1) is 17.1. The summed E-state index contributed by atoms with van der Waals surface area (Å²) in [5, 5.41) is 13.0. The third-order valence-electron chi connectivity index (χ3n) is 7.15. The highest BCUT2D eigenvalue weighted by molar-refractivity contribution is 5.34. The van der Waals surface area contributed by atoms with E-state index < -0.39 is 0 Å². The first-order valence-corrected chi connectivity index (χ1v) is 13.0. The van der Waals surface area contributed by atoms with Gasteiger partial charge in [0.15, 0.2) is 0 Å². The number of rotatable bonds is 11. The standard InChI is InChI=1S/C32H42N2O/c1-4-6-12-28(5-2)32(30-13-10-8-7-9-11-14-30)21-24-34-22-19-29(20-23-34)26(3)33-25-27-15-17-31(35)18-16-27/h4-10,12-13,15-18,29,32-33,35H,1,3,11,14,19-25H2,2H3/b9-7-,10-8-,12-6-,28-5+,30-13+. The van der Waals surface area contributed by atoms with Crippen LogP contribution in [0.15, 0.2) is 109 Å². The van der Waals surface area contributed by atoms with Crippen molar-refractivity contribution < 1.29 is 5.11 Å². The lowest BCUT2D eigenvalue weighted by Gasteiger charge is -2.34. The maximum absolute atomic E-state index is 9.46. The van der Waals surface area contributed by atoms with Gasteiger partial charge in [0.05, 0.1) is 0 Å². The fourth-order valence-electron chi connectivity index (χ4n) is 4.99. The first-order valence-electron chi connectivity index (χ1n) is 13.0. The topological polar surface area (TPSA) is 35.5 Å². The van der Waals surface area contributed by atoms with Crippen molar-refractivity contribution >= 4 is 0 Å². The molecular formula is C32H42N2O. The summed E-state index contributed by atoms with van der Waals surface area (Å²) in [5.41, 5.74) is 5.21. The summed E-state index contributed by atoms with van der Waals surface area (Å²) >= 11 is 0. The van der Waals surface area contributed by atoms with Gasteiger partial charge < -0.3 is 15.3 Å². The Kier molecular flexibility index (Phi) is 10.9. The van der Waals surface area contributed by atoms with Crippen molar-refractivity contribution in [1.29, 1.82) is 0 Å². The van der Waals surface area contributed by atoms with Crippen LogP contribution >= 0.6 is 0 Å². The van der Waals surface area contributed by atoms with Crippen LogP contribution in [0.1, 0.15) is 44.6 Å². The second kappa shape index (κ2) is 14.4. The van der Waals surface area contributed by atoms with Crippen LogP contribution in [0.5, 0.6) is 5.75 Å². The summed E-state index contributed by atoms with van der Waals surface area (Å²) in [4.78, 5) is 2.63. The maximum Gasteiger partial charge on any atom is 0.115 e. The van der Waals surface area contributed by atoms with E-state index in [0.29, 0.717) is 17.6 Å². The number of hydrogen-bond acceptors (Lipinski definition) is 3. The van der Waals surface area contributed by atoms with E-state index in [1.807, 2.05) is 18.2 Å². The predicted molar refractivity (Wildman–Crippen MR) is 150 cm³/mol. The van der Waals surface area contributed by atoms with E-state index in [1.165, 1.54) is 11.1 Å². The molecule has 2 aliphatic rings. The number of allylic oxidation sites excluding steroid dienone is 12. The number of likely N-dealkylation sites (tertiary alicyclic amines) is 1. The minimum absolute atomic E-state index is 0.305. The summed E-state index contributed by atoms with van der Waals surface area (Å²) in [6, 6.07) is 7.37. The van der Waals surface area contributed by atoms with Gasteiger partial charge in [0.25, 0.3) is 0 Å². The van der Waals surface area contributed by atoms with Gasteiger partial charge in [-0.2, -0.15) is 0 Å². The quantitative estimate of drug-likeness (QED) is 0.335. The van der Waals surface area contributed by atoms with E-state index >= 15 is 0 Å².